The van der Waals surface area contributed by atoms with Gasteiger partial charge in [0, 0.05) is 16.1 Å². The van der Waals surface area contributed by atoms with Crippen molar-refractivity contribution < 1.29 is 20.1 Å². The Labute approximate surface area is 136 Å². The SMILES string of the molecule is O=C(Cc1ccc2c(Cl)cccc2n1)c1ccc(O)c(O)c1O. The van der Waals surface area contributed by atoms with E-state index in [1.165, 1.54) is 6.07 Å². The van der Waals surface area contributed by atoms with Crippen LogP contribution in [-0.4, -0.2) is 26.1 Å². The summed E-state index contributed by atoms with van der Waals surface area (Å²) < 4.78 is 0. The molecule has 0 aliphatic rings. The minimum Gasteiger partial charge on any atom is -0.504 e. The van der Waals surface area contributed by atoms with Crippen LogP contribution in [0.15, 0.2) is 42.5 Å². The van der Waals surface area contributed by atoms with Crippen LogP contribution < -0.4 is 0 Å². The summed E-state index contributed by atoms with van der Waals surface area (Å²) >= 11 is 6.07. The van der Waals surface area contributed by atoms with Crippen molar-refractivity contribution in [1.29, 1.82) is 0 Å². The van der Waals surface area contributed by atoms with E-state index < -0.39 is 23.0 Å². The fourth-order valence-electron chi connectivity index (χ4n) is 2.31. The summed E-state index contributed by atoms with van der Waals surface area (Å²) in [4.78, 5) is 16.7. The van der Waals surface area contributed by atoms with E-state index in [0.29, 0.717) is 16.2 Å². The molecule has 2 aromatic carbocycles. The molecular formula is C17H12ClNO4. The zero-order valence-corrected chi connectivity index (χ0v) is 12.6. The minimum atomic E-state index is -0.714. The van der Waals surface area contributed by atoms with Gasteiger partial charge in [-0.1, -0.05) is 17.7 Å². The molecule has 0 unspecified atom stereocenters. The number of nitrogens with zero attached hydrogens (tertiary/aromatic N) is 1. The number of halogens is 1. The average molecular weight is 330 g/mol. The minimum absolute atomic E-state index is 0.0553. The standard InChI is InChI=1S/C17H12ClNO4/c18-12-2-1-3-13-10(12)5-4-9(19-13)8-15(21)11-6-7-14(20)17(23)16(11)22/h1-7,20,22-23H,8H2. The van der Waals surface area contributed by atoms with E-state index in [2.05, 4.69) is 4.98 Å². The van der Waals surface area contributed by atoms with Crippen molar-refractivity contribution in [3.05, 3.63) is 58.7 Å². The molecule has 0 atom stereocenters. The number of hydrogen-bond acceptors (Lipinski definition) is 5. The Kier molecular flexibility index (Phi) is 3.80. The molecule has 3 aromatic rings. The molecule has 0 amide bonds. The Morgan fingerprint density at radius 1 is 1.00 bits per heavy atom. The number of pyridine rings is 1. The van der Waals surface area contributed by atoms with Gasteiger partial charge in [-0.3, -0.25) is 9.78 Å². The van der Waals surface area contributed by atoms with Crippen molar-refractivity contribution in [2.24, 2.45) is 0 Å². The Bertz CT molecular complexity index is 924. The van der Waals surface area contributed by atoms with Gasteiger partial charge in [-0.25, -0.2) is 0 Å². The first-order valence-corrected chi connectivity index (χ1v) is 7.16. The van der Waals surface area contributed by atoms with E-state index in [4.69, 9.17) is 11.6 Å². The summed E-state index contributed by atoms with van der Waals surface area (Å²) in [5, 5.41) is 29.9. The zero-order chi connectivity index (χ0) is 16.6. The lowest BCUT2D eigenvalue weighted by molar-refractivity contribution is 0.0988. The van der Waals surface area contributed by atoms with E-state index in [0.717, 1.165) is 11.5 Å². The van der Waals surface area contributed by atoms with Gasteiger partial charge < -0.3 is 15.3 Å². The number of carbonyl (C=O) groups excluding carboxylic acids is 1. The highest BCUT2D eigenvalue weighted by molar-refractivity contribution is 6.35. The van der Waals surface area contributed by atoms with Crippen molar-refractivity contribution in [3.8, 4) is 17.2 Å². The van der Waals surface area contributed by atoms with Crippen LogP contribution in [-0.2, 0) is 6.42 Å². The summed E-state index contributed by atoms with van der Waals surface area (Å²) in [5.74, 6) is -2.27. The molecule has 0 saturated carbocycles. The summed E-state index contributed by atoms with van der Waals surface area (Å²) in [7, 11) is 0. The van der Waals surface area contributed by atoms with Crippen molar-refractivity contribution in [2.45, 2.75) is 6.42 Å². The molecule has 0 aliphatic carbocycles. The molecule has 3 N–H and O–H groups in total. The van der Waals surface area contributed by atoms with Crippen LogP contribution in [0.25, 0.3) is 10.9 Å². The van der Waals surface area contributed by atoms with Crippen molar-refractivity contribution in [1.82, 2.24) is 4.98 Å². The first-order chi connectivity index (χ1) is 11.0. The molecule has 5 nitrogen and oxygen atoms in total. The number of ketones is 1. The molecular weight excluding hydrogens is 318 g/mol. The largest absolute Gasteiger partial charge is 0.504 e. The third-order valence-electron chi connectivity index (χ3n) is 3.51. The predicted molar refractivity (Wildman–Crippen MR) is 86.2 cm³/mol. The number of phenolic OH excluding ortho intramolecular Hbond substituents is 3. The quantitative estimate of drug-likeness (QED) is 0.506. The number of fused-ring (bicyclic) bond motifs is 1. The number of benzene rings is 2. The molecule has 1 aromatic heterocycles. The molecule has 6 heteroatoms. The zero-order valence-electron chi connectivity index (χ0n) is 11.8. The Morgan fingerprint density at radius 2 is 1.78 bits per heavy atom. The van der Waals surface area contributed by atoms with Crippen molar-refractivity contribution in [2.75, 3.05) is 0 Å². The second-order valence-corrected chi connectivity index (χ2v) is 5.45. The summed E-state index contributed by atoms with van der Waals surface area (Å²) in [5.41, 5.74) is 1.10. The van der Waals surface area contributed by atoms with Crippen LogP contribution in [0.4, 0.5) is 0 Å². The highest BCUT2D eigenvalue weighted by Crippen LogP contribution is 2.37. The fraction of sp³-hybridized carbons (Fsp3) is 0.0588. The first-order valence-electron chi connectivity index (χ1n) is 6.78. The van der Waals surface area contributed by atoms with E-state index in [9.17, 15) is 20.1 Å². The number of rotatable bonds is 3. The third kappa shape index (κ3) is 2.78. The summed E-state index contributed by atoms with van der Waals surface area (Å²) in [6.07, 6.45) is -0.0553. The van der Waals surface area contributed by atoms with Crippen LogP contribution in [0.5, 0.6) is 17.2 Å². The predicted octanol–water partition coefficient (Wildman–Crippen LogP) is 3.43. The molecule has 23 heavy (non-hydrogen) atoms. The lowest BCUT2D eigenvalue weighted by atomic mass is 10.0. The number of phenols is 3. The smallest absolute Gasteiger partial charge is 0.201 e. The van der Waals surface area contributed by atoms with Crippen LogP contribution >= 0.6 is 11.6 Å². The third-order valence-corrected chi connectivity index (χ3v) is 3.84. The molecule has 0 bridgehead atoms. The first kappa shape index (κ1) is 15.1. The van der Waals surface area contributed by atoms with Gasteiger partial charge in [-0.05, 0) is 36.4 Å². The summed E-state index contributed by atoms with van der Waals surface area (Å²) in [6, 6.07) is 11.2. The molecule has 0 spiro atoms. The number of aromatic nitrogens is 1. The van der Waals surface area contributed by atoms with E-state index in [1.807, 2.05) is 0 Å². The maximum atomic E-state index is 12.3. The highest BCUT2D eigenvalue weighted by Gasteiger charge is 2.18. The van der Waals surface area contributed by atoms with Gasteiger partial charge in [-0.2, -0.15) is 0 Å². The average Bonchev–Trinajstić information content (AvgIpc) is 2.53. The molecule has 3 rings (SSSR count). The van der Waals surface area contributed by atoms with Crippen LogP contribution in [0, 0.1) is 0 Å². The fourth-order valence-corrected chi connectivity index (χ4v) is 2.54. The van der Waals surface area contributed by atoms with Gasteiger partial charge >= 0.3 is 0 Å². The topological polar surface area (TPSA) is 90.7 Å². The van der Waals surface area contributed by atoms with E-state index in [1.54, 1.807) is 30.3 Å². The van der Waals surface area contributed by atoms with Crippen LogP contribution in [0.1, 0.15) is 16.1 Å². The van der Waals surface area contributed by atoms with Gasteiger partial charge in [0.1, 0.15) is 0 Å². The molecule has 0 aliphatic heterocycles. The molecule has 116 valence electrons. The van der Waals surface area contributed by atoms with Gasteiger partial charge in [0.15, 0.2) is 17.3 Å². The summed E-state index contributed by atoms with van der Waals surface area (Å²) in [6.45, 7) is 0. The number of hydrogen-bond donors (Lipinski definition) is 3. The maximum absolute atomic E-state index is 12.3. The Morgan fingerprint density at radius 3 is 2.57 bits per heavy atom. The normalized spacial score (nSPS) is 10.8. The highest BCUT2D eigenvalue weighted by atomic mass is 35.5. The van der Waals surface area contributed by atoms with Crippen molar-refractivity contribution >= 4 is 28.3 Å². The van der Waals surface area contributed by atoms with Crippen LogP contribution in [0.3, 0.4) is 0 Å². The monoisotopic (exact) mass is 329 g/mol. The van der Waals surface area contributed by atoms with Gasteiger partial charge in [0.25, 0.3) is 0 Å². The number of aromatic hydroxyl groups is 3. The maximum Gasteiger partial charge on any atom is 0.201 e. The number of carbonyl (C=O) groups is 1. The number of Topliss-reactive ketones (excluding diaryl/α,β-unsaturated/α-hetero) is 1. The molecule has 0 radical (unpaired) electrons. The molecule has 0 fully saturated rings. The molecule has 0 saturated heterocycles. The second kappa shape index (κ2) is 5.78. The lowest BCUT2D eigenvalue weighted by Crippen LogP contribution is -2.05. The van der Waals surface area contributed by atoms with E-state index in [-0.39, 0.29) is 12.0 Å². The second-order valence-electron chi connectivity index (χ2n) is 5.04. The van der Waals surface area contributed by atoms with Gasteiger partial charge in [-0.15, -0.1) is 0 Å². The molecule has 1 heterocycles. The Balaban J connectivity index is 1.93. The van der Waals surface area contributed by atoms with Crippen molar-refractivity contribution in [3.63, 3.8) is 0 Å². The van der Waals surface area contributed by atoms with Crippen LogP contribution in [0.2, 0.25) is 5.02 Å². The Hall–Kier alpha value is -2.79. The lowest BCUT2D eigenvalue weighted by Gasteiger charge is -2.07. The van der Waals surface area contributed by atoms with Gasteiger partial charge in [0.2, 0.25) is 5.75 Å². The van der Waals surface area contributed by atoms with Gasteiger partial charge in [0.05, 0.1) is 17.5 Å². The van der Waals surface area contributed by atoms with E-state index >= 15 is 0 Å².